The Bertz CT molecular complexity index is 7300. The Morgan fingerprint density at radius 2 is 0.636 bits per heavy atom. The van der Waals surface area contributed by atoms with Gasteiger partial charge in [0.15, 0.2) is 52.0 Å². The van der Waals surface area contributed by atoms with E-state index >= 15 is 0 Å². The highest BCUT2D eigenvalue weighted by molar-refractivity contribution is 7.14. The van der Waals surface area contributed by atoms with Crippen molar-refractivity contribution in [2.45, 2.75) is 118 Å². The quantitative estimate of drug-likeness (QED) is 0.0410. The molecule has 13 aromatic carbocycles. The number of fused-ring (bicyclic) bond motifs is 5. The average Bonchev–Trinajstić information content (AvgIpc) is 1.57. The van der Waals surface area contributed by atoms with Crippen LogP contribution in [0, 0.1) is 36.5 Å². The van der Waals surface area contributed by atoms with Crippen LogP contribution in [-0.2, 0) is 76.6 Å². The number of benzene rings is 13. The monoisotopic (exact) mass is 1910 g/mol. The van der Waals surface area contributed by atoms with E-state index < -0.39 is 23.5 Å². The first-order valence-electron chi connectivity index (χ1n) is 46.5. The van der Waals surface area contributed by atoms with Gasteiger partial charge in [0.2, 0.25) is 0 Å². The smallest absolute Gasteiger partial charge is 0.416 e. The van der Waals surface area contributed by atoms with Crippen molar-refractivity contribution in [2.24, 2.45) is 29.6 Å². The summed E-state index contributed by atoms with van der Waals surface area (Å²) in [4.78, 5) is 114. The zero-order valence-corrected chi connectivity index (χ0v) is 79.6. The number of aliphatic hydroxyl groups excluding tert-OH is 1. The van der Waals surface area contributed by atoms with Gasteiger partial charge in [-0.3, -0.25) is 43.2 Å². The molecule has 2 heterocycles. The Kier molecular flexibility index (Phi) is 30.0. The predicted molar refractivity (Wildman–Crippen MR) is 541 cm³/mol. The number of ether oxygens (including phenoxy) is 1. The molecule has 11 nitrogen and oxygen atoms in total. The highest BCUT2D eigenvalue weighted by Gasteiger charge is 2.40. The van der Waals surface area contributed by atoms with Crippen LogP contribution in [-0.4, -0.2) is 64.3 Å². The van der Waals surface area contributed by atoms with Crippen molar-refractivity contribution >= 4 is 80.5 Å². The molecule has 5 aliphatic rings. The highest BCUT2D eigenvalue weighted by Crippen LogP contribution is 2.45. The largest absolute Gasteiger partial charge is 0.507 e. The van der Waals surface area contributed by atoms with Gasteiger partial charge in [-0.15, -0.1) is 22.7 Å². The van der Waals surface area contributed by atoms with Gasteiger partial charge in [0.25, 0.3) is 0 Å². The minimum Gasteiger partial charge on any atom is -0.507 e. The lowest BCUT2D eigenvalue weighted by Crippen LogP contribution is -2.24. The summed E-state index contributed by atoms with van der Waals surface area (Å²) in [6, 6.07) is 95.8. The van der Waals surface area contributed by atoms with Crippen molar-refractivity contribution in [1.82, 2.24) is 0 Å². The van der Waals surface area contributed by atoms with Crippen LogP contribution < -0.4 is 4.74 Å². The van der Waals surface area contributed by atoms with Gasteiger partial charge in [0, 0.05) is 83.9 Å². The summed E-state index contributed by atoms with van der Waals surface area (Å²) in [7, 11) is 1.66. The van der Waals surface area contributed by atoms with Crippen LogP contribution in [0.2, 0.25) is 0 Å². The fourth-order valence-corrected chi connectivity index (χ4v) is 21.5. The molecular weight excluding hydrogens is 1810 g/mol. The molecule has 5 unspecified atom stereocenters. The first-order valence-corrected chi connectivity index (χ1v) is 48.1. The minimum atomic E-state index is -4.42. The van der Waals surface area contributed by atoms with Crippen molar-refractivity contribution in [1.29, 1.82) is 0 Å². The lowest BCUT2D eigenvalue weighted by atomic mass is 9.78. The summed E-state index contributed by atoms with van der Waals surface area (Å²) in [5.74, 6) is 1.10. The molecule has 20 rings (SSSR count). The summed E-state index contributed by atoms with van der Waals surface area (Å²) < 4.78 is 84.0. The van der Waals surface area contributed by atoms with Crippen LogP contribution in [0.25, 0.3) is 61.4 Å². The molecule has 5 atom stereocenters. The standard InChI is InChI=1S/C25H22O3.C25H22O2.C24H19F3O2S.C24H20O2.C23H17F3O2S/c1-16(26)18-11-9-17(10-12-18)13-20-15-24-22(7-4-8-23(24)25(20)27)19-5-3-6-21(14-19)28-2;1-16-5-3-6-20(13-16)22-7-4-8-23-24(22)15-21(25(23)27)14-18-9-11-19(12-10-18)17(2)26;1-14(28)22-11-9-18(30-22)13-16-8-10-20-19(6-3-7-21(20)23(16)29)15-4-2-5-17(12-15)24(25,26)27;1-16(25)18-12-10-17(11-13-18)14-20-15-23-21(19-6-3-2-4-7-19)8-5-9-22(23)24(20)26;1-13(27)21-9-8-17(29-21)11-15-12-20-18(6-3-7-19(20)22(15)28)14-4-2-5-16(10-14)23(24,25)26/h3-12,14,20H,13,15H2,1-2H3;3-13,21H,14-15H2,1-2H3;2-7,9,11-12,16H,8,10,13H2,1H3;2-13,20H,14-15H2,1H3;2-10,15,27H,1,11-12H2. The van der Waals surface area contributed by atoms with E-state index in [1.807, 2.05) is 158 Å². The third-order valence-electron chi connectivity index (χ3n) is 26.8. The molecule has 0 bridgehead atoms. The van der Waals surface area contributed by atoms with Crippen LogP contribution in [0.4, 0.5) is 26.3 Å². The molecule has 0 amide bonds. The van der Waals surface area contributed by atoms with E-state index in [9.17, 15) is 74.6 Å². The van der Waals surface area contributed by atoms with Gasteiger partial charge in [-0.25, -0.2) is 0 Å². The number of aryl methyl sites for hydroxylation is 1. The molecule has 0 saturated carbocycles. The maximum Gasteiger partial charge on any atom is 0.416 e. The van der Waals surface area contributed by atoms with Crippen LogP contribution in [0.1, 0.15) is 202 Å². The zero-order valence-electron chi connectivity index (χ0n) is 78.0. The lowest BCUT2D eigenvalue weighted by Gasteiger charge is -2.25. The first kappa shape index (κ1) is 98.3. The van der Waals surface area contributed by atoms with Gasteiger partial charge >= 0.3 is 12.4 Å². The molecule has 19 heteroatoms. The van der Waals surface area contributed by atoms with E-state index in [0.717, 1.165) is 137 Å². The maximum atomic E-state index is 13.1. The third-order valence-corrected chi connectivity index (χ3v) is 29.1. The van der Waals surface area contributed by atoms with Gasteiger partial charge in [-0.2, -0.15) is 26.3 Å². The molecule has 0 aliphatic heterocycles. The number of ketones is 9. The summed E-state index contributed by atoms with van der Waals surface area (Å²) in [6.07, 6.45) is -1.62. The molecule has 2 aromatic heterocycles. The van der Waals surface area contributed by atoms with Gasteiger partial charge in [0.05, 0.1) is 28.0 Å². The number of methoxy groups -OCH3 is 1. The SMILES string of the molecule is C=C(O)c1ccc(CC2Cc3c(cccc3-c3cccc(C(F)(F)F)c3)C2=O)s1.CC(=O)c1ccc(CC2CCc3c(cccc3-c3cccc(C(F)(F)F)c3)C2=O)s1.CC(=O)c1ccc(CC2Cc3c(cccc3-c3cccc(C)c3)C2=O)cc1.CC(=O)c1ccc(CC2Cc3c(cccc3-c3ccccc3)C2=O)cc1.COc1cccc(-c2cccc3c2CC(Cc2ccc(C(C)=O)cc2)C3=O)c1. The lowest BCUT2D eigenvalue weighted by molar-refractivity contribution is -0.138. The van der Waals surface area contributed by atoms with Crippen molar-refractivity contribution in [3.63, 3.8) is 0 Å². The fraction of sp³-hybridized carbons (Fsp3) is 0.198. The maximum absolute atomic E-state index is 13.1. The molecule has 0 fully saturated rings. The van der Waals surface area contributed by atoms with Gasteiger partial charge in [-0.1, -0.05) is 267 Å². The average molecular weight is 1910 g/mol. The van der Waals surface area contributed by atoms with Gasteiger partial charge in [0.1, 0.15) is 11.5 Å². The number of carbonyl (C=O) groups excluding carboxylic acids is 9. The van der Waals surface area contributed by atoms with Crippen molar-refractivity contribution in [3.05, 3.63) is 447 Å². The number of hydrogen-bond donors (Lipinski definition) is 1. The summed E-state index contributed by atoms with van der Waals surface area (Å²) >= 11 is 2.80. The topological polar surface area (TPSA) is 183 Å². The number of thiophene rings is 2. The van der Waals surface area contributed by atoms with Crippen LogP contribution in [0.15, 0.2) is 322 Å². The van der Waals surface area contributed by atoms with E-state index in [1.54, 1.807) is 88.5 Å². The number of Topliss-reactive ketones (excluding diaryl/α,β-unsaturated/α-hetero) is 9. The normalized spacial score (nSPS) is 15.9. The fourth-order valence-electron chi connectivity index (χ4n) is 19.6. The van der Waals surface area contributed by atoms with E-state index in [4.69, 9.17) is 4.74 Å². The first-order chi connectivity index (χ1) is 67.2. The molecular formula is C121H100F6O11S2. The molecule has 5 aliphatic carbocycles. The number of alkyl halides is 6. The summed E-state index contributed by atoms with van der Waals surface area (Å²) in [5, 5.41) is 9.50. The molecule has 0 radical (unpaired) electrons. The molecule has 0 saturated heterocycles. The molecule has 15 aromatic rings. The number of rotatable bonds is 21. The second kappa shape index (κ2) is 42.7. The number of hydrogen-bond acceptors (Lipinski definition) is 13. The number of aliphatic hydroxyl groups is 1. The predicted octanol–water partition coefficient (Wildman–Crippen LogP) is 29.0. The molecule has 140 heavy (non-hydrogen) atoms. The second-order valence-electron chi connectivity index (χ2n) is 36.3. The van der Waals surface area contributed by atoms with Gasteiger partial charge in [-0.05, 0) is 266 Å². The summed E-state index contributed by atoms with van der Waals surface area (Å²) in [6.45, 7) is 11.8. The van der Waals surface area contributed by atoms with E-state index in [1.165, 1.54) is 64.0 Å². The Morgan fingerprint density at radius 3 is 0.993 bits per heavy atom. The van der Waals surface area contributed by atoms with Crippen molar-refractivity contribution in [3.8, 4) is 61.4 Å². The molecule has 1 N–H and O–H groups in total. The van der Waals surface area contributed by atoms with Crippen molar-refractivity contribution < 1.29 is 79.3 Å². The number of carbonyl (C=O) groups is 9. The zero-order chi connectivity index (χ0) is 99.0. The Hall–Kier alpha value is -14.8. The second-order valence-corrected chi connectivity index (χ2v) is 38.6. The highest BCUT2D eigenvalue weighted by atomic mass is 32.1. The minimum absolute atomic E-state index is 0.00545. The molecule has 0 spiro atoms. The third kappa shape index (κ3) is 22.5. The van der Waals surface area contributed by atoms with Gasteiger partial charge < -0.3 is 9.84 Å². The van der Waals surface area contributed by atoms with Crippen LogP contribution in [0.3, 0.4) is 0 Å². The van der Waals surface area contributed by atoms with Crippen LogP contribution >= 0.6 is 22.7 Å². The van der Waals surface area contributed by atoms with Crippen molar-refractivity contribution in [2.75, 3.05) is 7.11 Å². The Morgan fingerprint density at radius 1 is 0.329 bits per heavy atom. The Labute approximate surface area is 817 Å². The van der Waals surface area contributed by atoms with Crippen LogP contribution in [0.5, 0.6) is 5.75 Å². The summed E-state index contributed by atoms with van der Waals surface area (Å²) in [5.41, 5.74) is 23.1. The number of halogens is 6. The Balaban J connectivity index is 0.000000126. The van der Waals surface area contributed by atoms with E-state index in [2.05, 4.69) is 74.2 Å². The molecule has 704 valence electrons. The van der Waals surface area contributed by atoms with E-state index in [-0.39, 0.29) is 87.4 Å². The van der Waals surface area contributed by atoms with E-state index in [0.29, 0.717) is 111 Å².